The number of thioether (sulfide) groups is 1. The van der Waals surface area contributed by atoms with E-state index < -0.39 is 6.29 Å². The summed E-state index contributed by atoms with van der Waals surface area (Å²) in [6, 6.07) is 16.2. The third-order valence-corrected chi connectivity index (χ3v) is 6.35. The molecule has 1 atom stereocenters. The topological polar surface area (TPSA) is 61.5 Å². The maximum atomic E-state index is 6.29. The average Bonchev–Trinajstić information content (AvgIpc) is 3.15. The lowest BCUT2D eigenvalue weighted by atomic mass is 10.1. The average molecular weight is 483 g/mol. The first-order valence-electron chi connectivity index (χ1n) is 9.55. The number of hydrogen-bond donors (Lipinski definition) is 0. The Labute approximate surface area is 186 Å². The van der Waals surface area contributed by atoms with Gasteiger partial charge < -0.3 is 9.47 Å². The molecule has 1 aliphatic heterocycles. The molecular formula is C22H19BrN4O2S. The van der Waals surface area contributed by atoms with Gasteiger partial charge in [-0.2, -0.15) is 0 Å². The van der Waals surface area contributed by atoms with E-state index in [4.69, 9.17) is 9.47 Å². The first kappa shape index (κ1) is 19.5. The molecule has 8 heteroatoms. The van der Waals surface area contributed by atoms with Crippen molar-refractivity contribution in [3.63, 3.8) is 0 Å². The Morgan fingerprint density at radius 1 is 1.13 bits per heavy atom. The van der Waals surface area contributed by atoms with Gasteiger partial charge in [-0.25, -0.2) is 4.98 Å². The molecule has 0 amide bonds. The number of hydrogen-bond acceptors (Lipinski definition) is 6. The molecule has 1 aliphatic rings. The number of fused-ring (bicyclic) bond motifs is 2. The first-order valence-corrected chi connectivity index (χ1v) is 11.3. The maximum Gasteiger partial charge on any atom is 0.256 e. The molecule has 0 saturated heterocycles. The van der Waals surface area contributed by atoms with Gasteiger partial charge in [0.05, 0.1) is 6.61 Å². The molecule has 4 aromatic rings. The van der Waals surface area contributed by atoms with Crippen molar-refractivity contribution in [2.45, 2.75) is 37.7 Å². The van der Waals surface area contributed by atoms with E-state index in [1.54, 1.807) is 11.8 Å². The van der Waals surface area contributed by atoms with Crippen molar-refractivity contribution in [1.29, 1.82) is 0 Å². The highest BCUT2D eigenvalue weighted by Crippen LogP contribution is 2.40. The molecule has 0 bridgehead atoms. The van der Waals surface area contributed by atoms with Gasteiger partial charge in [0, 0.05) is 38.3 Å². The second-order valence-electron chi connectivity index (χ2n) is 7.17. The summed E-state index contributed by atoms with van der Waals surface area (Å²) in [5.74, 6) is 2.20. The van der Waals surface area contributed by atoms with E-state index in [2.05, 4.69) is 37.2 Å². The van der Waals surface area contributed by atoms with E-state index in [-0.39, 0.29) is 0 Å². The van der Waals surface area contributed by atoms with Crippen molar-refractivity contribution in [2.24, 2.45) is 0 Å². The molecule has 152 valence electrons. The van der Waals surface area contributed by atoms with Gasteiger partial charge in [0.1, 0.15) is 5.75 Å². The molecule has 0 radical (unpaired) electrons. The van der Waals surface area contributed by atoms with Crippen LogP contribution in [0.2, 0.25) is 0 Å². The van der Waals surface area contributed by atoms with Gasteiger partial charge >= 0.3 is 0 Å². The molecule has 2 aromatic heterocycles. The van der Waals surface area contributed by atoms with Gasteiger partial charge in [0.2, 0.25) is 6.29 Å². The number of benzene rings is 2. The van der Waals surface area contributed by atoms with E-state index in [9.17, 15) is 0 Å². The molecule has 30 heavy (non-hydrogen) atoms. The van der Waals surface area contributed by atoms with Crippen LogP contribution in [0.25, 0.3) is 5.78 Å². The van der Waals surface area contributed by atoms with E-state index in [0.717, 1.165) is 43.5 Å². The minimum Gasteiger partial charge on any atom is -0.460 e. The zero-order chi connectivity index (χ0) is 20.7. The highest BCUT2D eigenvalue weighted by Gasteiger charge is 2.25. The number of aromatic nitrogens is 4. The summed E-state index contributed by atoms with van der Waals surface area (Å²) in [5, 5.41) is 9.39. The van der Waals surface area contributed by atoms with Crippen LogP contribution in [0.4, 0.5) is 0 Å². The molecule has 6 nitrogen and oxygen atoms in total. The Balaban J connectivity index is 1.44. The molecule has 0 unspecified atom stereocenters. The third kappa shape index (κ3) is 3.71. The van der Waals surface area contributed by atoms with Crippen molar-refractivity contribution >= 4 is 33.5 Å². The van der Waals surface area contributed by atoms with Crippen molar-refractivity contribution in [3.8, 4) is 5.75 Å². The predicted octanol–water partition coefficient (Wildman–Crippen LogP) is 5.40. The van der Waals surface area contributed by atoms with E-state index in [1.807, 2.05) is 60.7 Å². The van der Waals surface area contributed by atoms with Crippen LogP contribution >= 0.6 is 27.7 Å². The zero-order valence-electron chi connectivity index (χ0n) is 16.5. The van der Waals surface area contributed by atoms with E-state index in [0.29, 0.717) is 18.1 Å². The fourth-order valence-electron chi connectivity index (χ4n) is 3.59. The molecular weight excluding hydrogens is 464 g/mol. The van der Waals surface area contributed by atoms with Gasteiger partial charge in [-0.3, -0.25) is 4.40 Å². The van der Waals surface area contributed by atoms with Crippen LogP contribution in [0.5, 0.6) is 5.75 Å². The van der Waals surface area contributed by atoms with E-state index >= 15 is 0 Å². The summed E-state index contributed by atoms with van der Waals surface area (Å²) in [4.78, 5) is 4.47. The summed E-state index contributed by atoms with van der Waals surface area (Å²) in [5.41, 5.74) is 5.13. The second-order valence-corrected chi connectivity index (χ2v) is 9.03. The summed E-state index contributed by atoms with van der Waals surface area (Å²) in [6.45, 7) is 4.51. The van der Waals surface area contributed by atoms with Crippen LogP contribution in [0, 0.1) is 13.8 Å². The molecule has 0 aliphatic carbocycles. The second kappa shape index (κ2) is 8.02. The van der Waals surface area contributed by atoms with Gasteiger partial charge in [-0.1, -0.05) is 58.0 Å². The number of ether oxygens (including phenoxy) is 2. The highest BCUT2D eigenvalue weighted by atomic mass is 79.9. The van der Waals surface area contributed by atoms with Crippen LogP contribution in [-0.2, 0) is 17.1 Å². The lowest BCUT2D eigenvalue weighted by molar-refractivity contribution is -0.111. The molecule has 0 saturated carbocycles. The molecule has 0 fully saturated rings. The van der Waals surface area contributed by atoms with Crippen molar-refractivity contribution in [3.05, 3.63) is 81.1 Å². The molecule has 5 rings (SSSR count). The van der Waals surface area contributed by atoms with Gasteiger partial charge in [-0.05, 0) is 32.0 Å². The zero-order valence-corrected chi connectivity index (χ0v) is 18.9. The quantitative estimate of drug-likeness (QED) is 0.362. The standard InChI is InChI=1S/C22H19BrN4O2S/c1-13-8-14(2)27-21(24-13)25-26-22(27)30-12-17-10-18(23)9-16-11-28-20(29-19(16)17)15-6-4-3-5-7-15/h3-10,20H,11-12H2,1-2H3/t20-/m1/s1. The number of rotatable bonds is 4. The van der Waals surface area contributed by atoms with E-state index in [1.165, 1.54) is 0 Å². The SMILES string of the molecule is Cc1cc(C)n2c(SCc3cc(Br)cc4c3O[C@H](c3ccccc3)OC4)nnc2n1. The molecule has 0 spiro atoms. The molecule has 2 aromatic carbocycles. The minimum absolute atomic E-state index is 0.410. The van der Waals surface area contributed by atoms with Crippen LogP contribution in [0.15, 0.2) is 58.2 Å². The summed E-state index contributed by atoms with van der Waals surface area (Å²) in [6.07, 6.45) is -0.410. The Kier molecular flexibility index (Phi) is 5.22. The Morgan fingerprint density at radius 2 is 1.97 bits per heavy atom. The highest BCUT2D eigenvalue weighted by molar-refractivity contribution is 9.10. The lowest BCUT2D eigenvalue weighted by Crippen LogP contribution is -2.19. The molecule has 3 heterocycles. The van der Waals surface area contributed by atoms with Crippen molar-refractivity contribution < 1.29 is 9.47 Å². The largest absolute Gasteiger partial charge is 0.460 e. The van der Waals surface area contributed by atoms with Crippen LogP contribution in [-0.4, -0.2) is 19.6 Å². The van der Waals surface area contributed by atoms with Crippen LogP contribution in [0.3, 0.4) is 0 Å². The number of nitrogens with zero attached hydrogens (tertiary/aromatic N) is 4. The summed E-state index contributed by atoms with van der Waals surface area (Å²) >= 11 is 5.23. The maximum absolute atomic E-state index is 6.29. The Hall–Kier alpha value is -2.42. The minimum atomic E-state index is -0.410. The summed E-state index contributed by atoms with van der Waals surface area (Å²) < 4.78 is 15.2. The van der Waals surface area contributed by atoms with Gasteiger partial charge in [-0.15, -0.1) is 10.2 Å². The Morgan fingerprint density at radius 3 is 2.80 bits per heavy atom. The van der Waals surface area contributed by atoms with Crippen molar-refractivity contribution in [2.75, 3.05) is 0 Å². The molecule has 0 N–H and O–H groups in total. The summed E-state index contributed by atoms with van der Waals surface area (Å²) in [7, 11) is 0. The fraction of sp³-hybridized carbons (Fsp3) is 0.227. The van der Waals surface area contributed by atoms with Gasteiger partial charge in [0.25, 0.3) is 5.78 Å². The number of aryl methyl sites for hydroxylation is 2. The first-order chi connectivity index (χ1) is 14.6. The smallest absolute Gasteiger partial charge is 0.256 e. The fourth-order valence-corrected chi connectivity index (χ4v) is 5.10. The predicted molar refractivity (Wildman–Crippen MR) is 119 cm³/mol. The lowest BCUT2D eigenvalue weighted by Gasteiger charge is -2.28. The van der Waals surface area contributed by atoms with Gasteiger partial charge in [0.15, 0.2) is 5.16 Å². The van der Waals surface area contributed by atoms with Crippen LogP contribution < -0.4 is 4.74 Å². The monoisotopic (exact) mass is 482 g/mol. The third-order valence-electron chi connectivity index (χ3n) is 4.91. The normalized spacial score (nSPS) is 15.8. The number of halogens is 1. The van der Waals surface area contributed by atoms with Crippen molar-refractivity contribution in [1.82, 2.24) is 19.6 Å². The Bertz CT molecular complexity index is 1230. The van der Waals surface area contributed by atoms with Crippen LogP contribution in [0.1, 0.15) is 34.4 Å².